The number of thiazole rings is 1. The van der Waals surface area contributed by atoms with Crippen LogP contribution in [0.5, 0.6) is 0 Å². The summed E-state index contributed by atoms with van der Waals surface area (Å²) in [5.74, 6) is -0.363. The Morgan fingerprint density at radius 3 is 2.30 bits per heavy atom. The Labute approximate surface area is 180 Å². The van der Waals surface area contributed by atoms with Crippen molar-refractivity contribution in [1.29, 1.82) is 0 Å². The molecule has 2 aromatic carbocycles. The number of carbonyl (C=O) groups is 2. The molecular weight excluding hydrogens is 394 g/mol. The van der Waals surface area contributed by atoms with Crippen LogP contribution in [0.15, 0.2) is 60.7 Å². The minimum atomic E-state index is -0.612. The molecule has 30 heavy (non-hydrogen) atoms. The zero-order valence-electron chi connectivity index (χ0n) is 16.9. The Morgan fingerprint density at radius 2 is 1.67 bits per heavy atom. The van der Waals surface area contributed by atoms with E-state index in [1.165, 1.54) is 11.3 Å². The molecule has 3 aromatic rings. The summed E-state index contributed by atoms with van der Waals surface area (Å²) in [6, 6.07) is 19.5. The third kappa shape index (κ3) is 5.33. The molecule has 1 heterocycles. The average molecular weight is 420 g/mol. The predicted octanol–water partition coefficient (Wildman–Crippen LogP) is 3.66. The zero-order valence-corrected chi connectivity index (χ0v) is 17.7. The van der Waals surface area contributed by atoms with Gasteiger partial charge in [-0.2, -0.15) is 0 Å². The first-order valence-electron chi connectivity index (χ1n) is 10.2. The van der Waals surface area contributed by atoms with Gasteiger partial charge < -0.3 is 10.6 Å². The van der Waals surface area contributed by atoms with E-state index in [4.69, 9.17) is 0 Å². The molecule has 1 fully saturated rings. The molecule has 5 nitrogen and oxygen atoms in total. The van der Waals surface area contributed by atoms with E-state index in [-0.39, 0.29) is 17.9 Å². The number of amides is 2. The third-order valence-corrected chi connectivity index (χ3v) is 6.23. The number of benzene rings is 2. The Morgan fingerprint density at radius 1 is 1.03 bits per heavy atom. The van der Waals surface area contributed by atoms with Crippen LogP contribution in [0.25, 0.3) is 0 Å². The van der Waals surface area contributed by atoms with Gasteiger partial charge >= 0.3 is 0 Å². The van der Waals surface area contributed by atoms with Crippen molar-refractivity contribution in [1.82, 2.24) is 15.6 Å². The van der Waals surface area contributed by atoms with E-state index < -0.39 is 6.04 Å². The first-order valence-corrected chi connectivity index (χ1v) is 11.1. The van der Waals surface area contributed by atoms with E-state index >= 15 is 0 Å². The number of nitrogens with zero attached hydrogens (tertiary/aromatic N) is 1. The van der Waals surface area contributed by atoms with E-state index in [0.29, 0.717) is 23.4 Å². The van der Waals surface area contributed by atoms with E-state index in [1.54, 1.807) is 0 Å². The molecule has 0 radical (unpaired) electrons. The summed E-state index contributed by atoms with van der Waals surface area (Å²) in [5.41, 5.74) is 2.87. The highest BCUT2D eigenvalue weighted by Gasteiger charge is 2.29. The number of aromatic nitrogens is 1. The molecule has 0 aliphatic heterocycles. The van der Waals surface area contributed by atoms with E-state index in [9.17, 15) is 9.59 Å². The maximum Gasteiger partial charge on any atom is 0.263 e. The number of aryl methyl sites for hydroxylation is 1. The molecule has 0 bridgehead atoms. The molecule has 0 spiro atoms. The largest absolute Gasteiger partial charge is 0.352 e. The summed E-state index contributed by atoms with van der Waals surface area (Å²) in [4.78, 5) is 30.9. The van der Waals surface area contributed by atoms with Gasteiger partial charge in [0.2, 0.25) is 5.91 Å². The Kier molecular flexibility index (Phi) is 6.23. The summed E-state index contributed by atoms with van der Waals surface area (Å²) in [6.45, 7) is 1.84. The van der Waals surface area contributed by atoms with Crippen LogP contribution >= 0.6 is 11.3 Å². The van der Waals surface area contributed by atoms with E-state index in [0.717, 1.165) is 29.0 Å². The predicted molar refractivity (Wildman–Crippen MR) is 119 cm³/mol. The Bertz CT molecular complexity index is 1010. The van der Waals surface area contributed by atoms with Crippen molar-refractivity contribution in [2.45, 2.75) is 44.7 Å². The molecule has 1 aromatic heterocycles. The number of nitrogens with one attached hydrogen (secondary N) is 2. The molecule has 1 saturated carbocycles. The lowest BCUT2D eigenvalue weighted by molar-refractivity contribution is -0.123. The lowest BCUT2D eigenvalue weighted by Crippen LogP contribution is -2.48. The van der Waals surface area contributed by atoms with Gasteiger partial charge in [-0.1, -0.05) is 60.7 Å². The van der Waals surface area contributed by atoms with Gasteiger partial charge in [0.15, 0.2) is 0 Å². The fourth-order valence-electron chi connectivity index (χ4n) is 3.32. The minimum Gasteiger partial charge on any atom is -0.352 e. The van der Waals surface area contributed by atoms with Crippen LogP contribution in [-0.4, -0.2) is 28.9 Å². The first kappa shape index (κ1) is 20.3. The molecule has 1 atom stereocenters. The summed E-state index contributed by atoms with van der Waals surface area (Å²) >= 11 is 1.39. The van der Waals surface area contributed by atoms with Gasteiger partial charge in [-0.05, 0) is 30.9 Å². The molecule has 2 N–H and O–H groups in total. The monoisotopic (exact) mass is 419 g/mol. The van der Waals surface area contributed by atoms with Crippen molar-refractivity contribution in [2.75, 3.05) is 0 Å². The molecule has 1 aliphatic carbocycles. The summed E-state index contributed by atoms with van der Waals surface area (Å²) < 4.78 is 0. The van der Waals surface area contributed by atoms with Crippen LogP contribution < -0.4 is 10.6 Å². The zero-order chi connectivity index (χ0) is 20.9. The topological polar surface area (TPSA) is 71.1 Å². The molecule has 4 rings (SSSR count). The third-order valence-electron chi connectivity index (χ3n) is 5.07. The van der Waals surface area contributed by atoms with Crippen molar-refractivity contribution in [3.63, 3.8) is 0 Å². The van der Waals surface area contributed by atoms with Gasteiger partial charge in [-0.15, -0.1) is 11.3 Å². The van der Waals surface area contributed by atoms with Crippen LogP contribution in [0.3, 0.4) is 0 Å². The summed E-state index contributed by atoms with van der Waals surface area (Å²) in [6.07, 6.45) is 3.16. The van der Waals surface area contributed by atoms with Crippen LogP contribution in [0.4, 0.5) is 0 Å². The summed E-state index contributed by atoms with van der Waals surface area (Å²) in [5, 5.41) is 6.86. The van der Waals surface area contributed by atoms with Gasteiger partial charge in [0.1, 0.15) is 10.9 Å². The highest BCUT2D eigenvalue weighted by atomic mass is 32.1. The summed E-state index contributed by atoms with van der Waals surface area (Å²) in [7, 11) is 0. The molecule has 154 valence electrons. The lowest BCUT2D eigenvalue weighted by Gasteiger charge is -2.18. The molecular formula is C24H25N3O2S. The second kappa shape index (κ2) is 9.22. The first-order chi connectivity index (χ1) is 14.6. The molecule has 1 unspecified atom stereocenters. The smallest absolute Gasteiger partial charge is 0.263 e. The number of hydrogen-bond acceptors (Lipinski definition) is 4. The van der Waals surface area contributed by atoms with Gasteiger partial charge in [-0.3, -0.25) is 9.59 Å². The molecule has 2 amide bonds. The van der Waals surface area contributed by atoms with Crippen molar-refractivity contribution in [3.8, 4) is 0 Å². The van der Waals surface area contributed by atoms with E-state index in [2.05, 4.69) is 27.8 Å². The van der Waals surface area contributed by atoms with Crippen LogP contribution in [-0.2, 0) is 17.6 Å². The fourth-order valence-corrected chi connectivity index (χ4v) is 4.32. The Balaban J connectivity index is 1.48. The average Bonchev–Trinajstić information content (AvgIpc) is 3.49. The van der Waals surface area contributed by atoms with Gasteiger partial charge in [0.05, 0.1) is 10.7 Å². The van der Waals surface area contributed by atoms with Crippen molar-refractivity contribution in [2.24, 2.45) is 0 Å². The van der Waals surface area contributed by atoms with Gasteiger partial charge in [-0.25, -0.2) is 4.98 Å². The quantitative estimate of drug-likeness (QED) is 0.585. The SMILES string of the molecule is Cc1nc(Cc2ccccc2)sc1C(=O)NC(Cc1ccccc1)C(=O)NC1CC1. The van der Waals surface area contributed by atoms with Crippen molar-refractivity contribution >= 4 is 23.2 Å². The van der Waals surface area contributed by atoms with Crippen LogP contribution in [0.1, 0.15) is 44.3 Å². The molecule has 1 aliphatic rings. The van der Waals surface area contributed by atoms with E-state index in [1.807, 2.05) is 55.5 Å². The highest BCUT2D eigenvalue weighted by molar-refractivity contribution is 7.13. The maximum atomic E-state index is 13.0. The fraction of sp³-hybridized carbons (Fsp3) is 0.292. The van der Waals surface area contributed by atoms with Crippen LogP contribution in [0.2, 0.25) is 0 Å². The van der Waals surface area contributed by atoms with Crippen molar-refractivity contribution in [3.05, 3.63) is 87.4 Å². The standard InChI is InChI=1S/C24H25N3O2S/c1-16-22(30-21(25-16)15-18-10-6-3-7-11-18)24(29)27-20(23(28)26-19-12-13-19)14-17-8-4-2-5-9-17/h2-11,19-20H,12-15H2,1H3,(H,26,28)(H,27,29). The number of carbonyl (C=O) groups excluding carboxylic acids is 2. The second-order valence-electron chi connectivity index (χ2n) is 7.68. The Hall–Kier alpha value is -2.99. The number of hydrogen-bond donors (Lipinski definition) is 2. The van der Waals surface area contributed by atoms with Crippen molar-refractivity contribution < 1.29 is 9.59 Å². The van der Waals surface area contributed by atoms with Gasteiger partial charge in [0.25, 0.3) is 5.91 Å². The normalized spacial score (nSPS) is 14.2. The van der Waals surface area contributed by atoms with Gasteiger partial charge in [0, 0.05) is 18.9 Å². The number of rotatable bonds is 8. The minimum absolute atomic E-state index is 0.124. The van der Waals surface area contributed by atoms with Crippen LogP contribution in [0, 0.1) is 6.92 Å². The lowest BCUT2D eigenvalue weighted by atomic mass is 10.0. The molecule has 6 heteroatoms. The molecule has 0 saturated heterocycles. The second-order valence-corrected chi connectivity index (χ2v) is 8.77. The maximum absolute atomic E-state index is 13.0. The highest BCUT2D eigenvalue weighted by Crippen LogP contribution is 2.22.